The van der Waals surface area contributed by atoms with Crippen LogP contribution in [0.2, 0.25) is 10.0 Å². The summed E-state index contributed by atoms with van der Waals surface area (Å²) in [5, 5.41) is 14.2. The molecule has 0 heterocycles. The monoisotopic (exact) mass is 446 g/mol. The van der Waals surface area contributed by atoms with Crippen LogP contribution >= 0.6 is 51.3 Å². The van der Waals surface area contributed by atoms with Crippen molar-refractivity contribution in [3.63, 3.8) is 0 Å². The van der Waals surface area contributed by atoms with Crippen LogP contribution in [-0.4, -0.2) is 22.1 Å². The number of hydrogen-bond acceptors (Lipinski definition) is 3. The molecule has 0 fully saturated rings. The van der Waals surface area contributed by atoms with E-state index in [4.69, 9.17) is 40.5 Å². The predicted molar refractivity (Wildman–Crippen MR) is 101 cm³/mol. The Morgan fingerprint density at radius 3 is 2.25 bits per heavy atom. The molecule has 124 valence electrons. The minimum atomic E-state index is -1.16. The maximum atomic E-state index is 12.1. The van der Waals surface area contributed by atoms with E-state index in [1.165, 1.54) is 12.1 Å². The summed E-state index contributed by atoms with van der Waals surface area (Å²) in [5.74, 6) is -1.57. The fourth-order valence-corrected chi connectivity index (χ4v) is 2.94. The minimum absolute atomic E-state index is 0.0214. The highest BCUT2D eigenvalue weighted by atomic mass is 79.9. The van der Waals surface area contributed by atoms with E-state index in [1.54, 1.807) is 24.3 Å². The molecule has 2 aromatic carbocycles. The Balaban J connectivity index is 2.13. The van der Waals surface area contributed by atoms with Crippen molar-refractivity contribution in [3.05, 3.63) is 62.0 Å². The third-order valence-corrected chi connectivity index (χ3v) is 4.14. The highest BCUT2D eigenvalue weighted by Crippen LogP contribution is 2.31. The lowest BCUT2D eigenvalue weighted by molar-refractivity contribution is 0.0696. The van der Waals surface area contributed by atoms with Crippen molar-refractivity contribution < 1.29 is 14.7 Å². The van der Waals surface area contributed by atoms with E-state index in [0.29, 0.717) is 5.56 Å². The van der Waals surface area contributed by atoms with Crippen molar-refractivity contribution >= 4 is 74.0 Å². The minimum Gasteiger partial charge on any atom is -0.478 e. The van der Waals surface area contributed by atoms with Crippen LogP contribution in [0.5, 0.6) is 0 Å². The molecule has 0 saturated heterocycles. The van der Waals surface area contributed by atoms with Gasteiger partial charge in [-0.25, -0.2) is 4.79 Å². The molecule has 0 aliphatic heterocycles. The van der Waals surface area contributed by atoms with Crippen LogP contribution in [0.25, 0.3) is 0 Å². The van der Waals surface area contributed by atoms with Crippen molar-refractivity contribution in [2.45, 2.75) is 0 Å². The lowest BCUT2D eigenvalue weighted by Crippen LogP contribution is -2.34. The van der Waals surface area contributed by atoms with Crippen molar-refractivity contribution in [2.75, 3.05) is 5.32 Å². The van der Waals surface area contributed by atoms with Crippen LogP contribution in [0, 0.1) is 0 Å². The second-order valence-electron chi connectivity index (χ2n) is 4.54. The molecule has 2 rings (SSSR count). The number of carbonyl (C=O) groups is 2. The molecule has 3 N–H and O–H groups in total. The second kappa shape index (κ2) is 7.94. The van der Waals surface area contributed by atoms with Crippen LogP contribution in [0.1, 0.15) is 20.7 Å². The number of rotatable bonds is 3. The first kappa shape index (κ1) is 18.7. The SMILES string of the molecule is O=C(O)c1cc(Cl)c(NC(=S)NC(=O)c2cccc(Br)c2)c(Cl)c1. The van der Waals surface area contributed by atoms with Gasteiger partial charge in [0.25, 0.3) is 5.91 Å². The van der Waals surface area contributed by atoms with Crippen molar-refractivity contribution in [1.29, 1.82) is 0 Å². The summed E-state index contributed by atoms with van der Waals surface area (Å²) >= 11 is 20.4. The van der Waals surface area contributed by atoms with E-state index in [9.17, 15) is 9.59 Å². The zero-order valence-electron chi connectivity index (χ0n) is 11.8. The molecule has 1 amide bonds. The Morgan fingerprint density at radius 1 is 1.08 bits per heavy atom. The normalized spacial score (nSPS) is 10.1. The Morgan fingerprint density at radius 2 is 1.71 bits per heavy atom. The number of aromatic carboxylic acids is 1. The van der Waals surface area contributed by atoms with E-state index in [-0.39, 0.29) is 26.4 Å². The van der Waals surface area contributed by atoms with E-state index in [0.717, 1.165) is 4.47 Å². The lowest BCUT2D eigenvalue weighted by Gasteiger charge is -2.13. The molecule has 0 aliphatic rings. The molecule has 0 radical (unpaired) electrons. The Hall–Kier alpha value is -1.67. The van der Waals surface area contributed by atoms with Gasteiger partial charge in [-0.1, -0.05) is 45.2 Å². The first-order chi connectivity index (χ1) is 11.3. The average Bonchev–Trinajstić information content (AvgIpc) is 2.50. The summed E-state index contributed by atoms with van der Waals surface area (Å²) in [7, 11) is 0. The first-order valence-electron chi connectivity index (χ1n) is 6.38. The van der Waals surface area contributed by atoms with Crippen LogP contribution in [0.3, 0.4) is 0 Å². The molecule has 24 heavy (non-hydrogen) atoms. The summed E-state index contributed by atoms with van der Waals surface area (Å²) in [6.07, 6.45) is 0. The number of carbonyl (C=O) groups excluding carboxylic acids is 1. The Labute approximate surface area is 161 Å². The number of carboxylic acid groups (broad SMARTS) is 1. The number of benzene rings is 2. The highest BCUT2D eigenvalue weighted by molar-refractivity contribution is 9.10. The third-order valence-electron chi connectivity index (χ3n) is 2.84. The van der Waals surface area contributed by atoms with E-state index in [2.05, 4.69) is 26.6 Å². The van der Waals surface area contributed by atoms with Gasteiger partial charge >= 0.3 is 5.97 Å². The second-order valence-corrected chi connectivity index (χ2v) is 6.68. The average molecular weight is 448 g/mol. The van der Waals surface area contributed by atoms with Crippen LogP contribution in [-0.2, 0) is 0 Å². The van der Waals surface area contributed by atoms with Crippen LogP contribution in [0.15, 0.2) is 40.9 Å². The zero-order chi connectivity index (χ0) is 17.9. The molecule has 0 aliphatic carbocycles. The molecule has 0 bridgehead atoms. The largest absolute Gasteiger partial charge is 0.478 e. The summed E-state index contributed by atoms with van der Waals surface area (Å²) in [4.78, 5) is 23.1. The molecule has 5 nitrogen and oxygen atoms in total. The van der Waals surface area contributed by atoms with Crippen LogP contribution < -0.4 is 10.6 Å². The number of anilines is 1. The number of nitrogens with one attached hydrogen (secondary N) is 2. The number of carboxylic acids is 1. The van der Waals surface area contributed by atoms with E-state index >= 15 is 0 Å². The quantitative estimate of drug-likeness (QED) is 0.600. The van der Waals surface area contributed by atoms with Gasteiger partial charge in [0.15, 0.2) is 5.11 Å². The van der Waals surface area contributed by atoms with E-state index in [1.807, 2.05) is 0 Å². The van der Waals surface area contributed by atoms with Gasteiger partial charge in [0, 0.05) is 10.0 Å². The van der Waals surface area contributed by atoms with Crippen LogP contribution in [0.4, 0.5) is 5.69 Å². The summed E-state index contributed by atoms with van der Waals surface area (Å²) in [6.45, 7) is 0. The number of thiocarbonyl (C=S) groups is 1. The number of amides is 1. The van der Waals surface area contributed by atoms with Crippen molar-refractivity contribution in [3.8, 4) is 0 Å². The Bertz CT molecular complexity index is 822. The van der Waals surface area contributed by atoms with Gasteiger partial charge in [-0.2, -0.15) is 0 Å². The highest BCUT2D eigenvalue weighted by Gasteiger charge is 2.15. The van der Waals surface area contributed by atoms with E-state index < -0.39 is 11.9 Å². The molecular weight excluding hydrogens is 439 g/mol. The topological polar surface area (TPSA) is 78.4 Å². The molecule has 0 saturated carbocycles. The lowest BCUT2D eigenvalue weighted by atomic mass is 10.2. The summed E-state index contributed by atoms with van der Waals surface area (Å²) in [6, 6.07) is 9.24. The fourth-order valence-electron chi connectivity index (χ4n) is 1.77. The standard InChI is InChI=1S/C15H9BrCl2N2O3S/c16-9-3-1-2-7(4-9)13(21)20-15(24)19-12-10(17)5-8(14(22)23)6-11(12)18/h1-6H,(H,22,23)(H2,19,20,21,24). The first-order valence-corrected chi connectivity index (χ1v) is 8.34. The van der Waals surface area contributed by atoms with Crippen molar-refractivity contribution in [1.82, 2.24) is 5.32 Å². The molecule has 2 aromatic rings. The zero-order valence-corrected chi connectivity index (χ0v) is 15.7. The van der Waals surface area contributed by atoms with Gasteiger partial charge in [0.05, 0.1) is 21.3 Å². The number of hydrogen-bond donors (Lipinski definition) is 3. The van der Waals surface area contributed by atoms with Gasteiger partial charge < -0.3 is 10.4 Å². The predicted octanol–water partition coefficient (Wildman–Crippen LogP) is 4.58. The summed E-state index contributed by atoms with van der Waals surface area (Å²) < 4.78 is 0.754. The Kier molecular flexibility index (Phi) is 6.17. The summed E-state index contributed by atoms with van der Waals surface area (Å²) in [5.41, 5.74) is 0.564. The maximum Gasteiger partial charge on any atom is 0.335 e. The fraction of sp³-hybridized carbons (Fsp3) is 0. The molecule has 9 heteroatoms. The maximum absolute atomic E-state index is 12.1. The number of halogens is 3. The van der Waals surface area contributed by atoms with Crippen molar-refractivity contribution in [2.24, 2.45) is 0 Å². The van der Waals surface area contributed by atoms with Gasteiger partial charge in [-0.3, -0.25) is 10.1 Å². The molecular formula is C15H9BrCl2N2O3S. The third kappa shape index (κ3) is 4.67. The molecule has 0 spiro atoms. The van der Waals surface area contributed by atoms with Gasteiger partial charge in [0.1, 0.15) is 0 Å². The van der Waals surface area contributed by atoms with Gasteiger partial charge in [-0.15, -0.1) is 0 Å². The molecule has 0 atom stereocenters. The van der Waals surface area contributed by atoms with Gasteiger partial charge in [-0.05, 0) is 42.5 Å². The van der Waals surface area contributed by atoms with Gasteiger partial charge in [0.2, 0.25) is 0 Å². The molecule has 0 unspecified atom stereocenters. The molecule has 0 aromatic heterocycles. The smallest absolute Gasteiger partial charge is 0.335 e.